The van der Waals surface area contributed by atoms with Crippen LogP contribution in [-0.4, -0.2) is 59.3 Å². The van der Waals surface area contributed by atoms with E-state index in [1.807, 2.05) is 4.98 Å². The topological polar surface area (TPSA) is 115 Å². The minimum Gasteiger partial charge on any atom is -0.396 e. The van der Waals surface area contributed by atoms with Crippen molar-refractivity contribution in [1.82, 2.24) is 14.9 Å². The molecule has 3 N–H and O–H groups in total. The maximum atomic E-state index is 12.5. The molecule has 122 valence electrons. The van der Waals surface area contributed by atoms with Crippen molar-refractivity contribution >= 4 is 5.91 Å². The van der Waals surface area contributed by atoms with Crippen LogP contribution in [-0.2, 0) is 4.74 Å². The summed E-state index contributed by atoms with van der Waals surface area (Å²) in [6.07, 6.45) is 2.21. The Labute approximate surface area is 127 Å². The minimum atomic E-state index is -0.708. The van der Waals surface area contributed by atoms with Crippen molar-refractivity contribution in [2.45, 2.75) is 19.3 Å². The lowest BCUT2D eigenvalue weighted by Gasteiger charge is -2.41. The van der Waals surface area contributed by atoms with Crippen molar-refractivity contribution in [3.05, 3.63) is 32.6 Å². The maximum Gasteiger partial charge on any atom is 0.326 e. The van der Waals surface area contributed by atoms with E-state index in [1.54, 1.807) is 12.0 Å². The number of H-pyrrole nitrogens is 2. The summed E-state index contributed by atoms with van der Waals surface area (Å²) in [5.74, 6) is -0.404. The summed E-state index contributed by atoms with van der Waals surface area (Å²) in [5.41, 5.74) is -1.75. The highest BCUT2D eigenvalue weighted by Crippen LogP contribution is 2.33. The molecule has 2 rings (SSSR count). The van der Waals surface area contributed by atoms with Gasteiger partial charge in [0, 0.05) is 38.3 Å². The van der Waals surface area contributed by atoms with Gasteiger partial charge in [-0.3, -0.25) is 14.6 Å². The molecule has 0 aliphatic carbocycles. The predicted octanol–water partition coefficient (Wildman–Crippen LogP) is -0.686. The molecule has 0 aromatic carbocycles. The minimum absolute atomic E-state index is 0.0331. The van der Waals surface area contributed by atoms with Gasteiger partial charge in [-0.15, -0.1) is 0 Å². The zero-order valence-electron chi connectivity index (χ0n) is 12.6. The van der Waals surface area contributed by atoms with E-state index in [4.69, 9.17) is 4.74 Å². The number of aromatic nitrogens is 2. The zero-order valence-corrected chi connectivity index (χ0v) is 12.6. The molecule has 8 nitrogen and oxygen atoms in total. The number of aliphatic hydroxyl groups is 1. The van der Waals surface area contributed by atoms with E-state index < -0.39 is 22.6 Å². The summed E-state index contributed by atoms with van der Waals surface area (Å²) in [6.45, 7) is 1.37. The lowest BCUT2D eigenvalue weighted by molar-refractivity contribution is 0.00870. The smallest absolute Gasteiger partial charge is 0.326 e. The third kappa shape index (κ3) is 3.63. The first-order chi connectivity index (χ1) is 10.5. The van der Waals surface area contributed by atoms with Crippen molar-refractivity contribution in [3.8, 4) is 0 Å². The quantitative estimate of drug-likeness (QED) is 0.666. The van der Waals surface area contributed by atoms with Gasteiger partial charge in [-0.2, -0.15) is 0 Å². The summed E-state index contributed by atoms with van der Waals surface area (Å²) < 4.78 is 5.08. The summed E-state index contributed by atoms with van der Waals surface area (Å²) >= 11 is 0. The van der Waals surface area contributed by atoms with Gasteiger partial charge in [0.2, 0.25) is 0 Å². The van der Waals surface area contributed by atoms with E-state index in [2.05, 4.69) is 4.98 Å². The molecule has 0 bridgehead atoms. The molecule has 8 heteroatoms. The van der Waals surface area contributed by atoms with E-state index in [1.165, 1.54) is 0 Å². The van der Waals surface area contributed by atoms with Crippen LogP contribution in [0.1, 0.15) is 29.8 Å². The van der Waals surface area contributed by atoms with E-state index in [-0.39, 0.29) is 12.3 Å². The van der Waals surface area contributed by atoms with Crippen molar-refractivity contribution in [2.75, 3.05) is 33.4 Å². The van der Waals surface area contributed by atoms with Crippen LogP contribution in [0, 0.1) is 5.41 Å². The molecule has 22 heavy (non-hydrogen) atoms. The van der Waals surface area contributed by atoms with E-state index in [0.717, 1.165) is 18.9 Å². The molecule has 1 aliphatic heterocycles. The lowest BCUT2D eigenvalue weighted by Crippen LogP contribution is -2.49. The Kier molecular flexibility index (Phi) is 5.15. The Morgan fingerprint density at radius 1 is 1.45 bits per heavy atom. The Balaban J connectivity index is 2.19. The third-order valence-electron chi connectivity index (χ3n) is 4.11. The first-order valence-electron chi connectivity index (χ1n) is 7.22. The van der Waals surface area contributed by atoms with Crippen LogP contribution in [0.15, 0.2) is 15.7 Å². The highest BCUT2D eigenvalue weighted by atomic mass is 16.5. The average molecular weight is 311 g/mol. The molecule has 2 heterocycles. The van der Waals surface area contributed by atoms with Crippen LogP contribution in [0.5, 0.6) is 0 Å². The van der Waals surface area contributed by atoms with Crippen molar-refractivity contribution < 1.29 is 14.6 Å². The summed E-state index contributed by atoms with van der Waals surface area (Å²) in [7, 11) is 1.60. The molecular weight excluding hydrogens is 290 g/mol. The number of piperidine rings is 1. The molecule has 1 atom stereocenters. The van der Waals surface area contributed by atoms with Gasteiger partial charge < -0.3 is 19.7 Å². The molecule has 1 amide bonds. The van der Waals surface area contributed by atoms with Crippen molar-refractivity contribution in [1.29, 1.82) is 0 Å². The standard InChI is InChI=1S/C14H21N3O5/c1-22-6-4-14(9-18)3-2-5-17(8-14)12(20)10-7-11(19)16-13(21)15-10/h7,18H,2-6,8-9H2,1H3,(H2,15,16,19,21)/t14-/m1/s1. The number of likely N-dealkylation sites (tertiary alicyclic amines) is 1. The first kappa shape index (κ1) is 16.4. The molecule has 1 aromatic rings. The fourth-order valence-electron chi connectivity index (χ4n) is 2.87. The zero-order chi connectivity index (χ0) is 16.2. The predicted molar refractivity (Wildman–Crippen MR) is 78.8 cm³/mol. The fraction of sp³-hybridized carbons (Fsp3) is 0.643. The van der Waals surface area contributed by atoms with Crippen LogP contribution in [0.25, 0.3) is 0 Å². The van der Waals surface area contributed by atoms with Gasteiger partial charge in [-0.25, -0.2) is 4.79 Å². The van der Waals surface area contributed by atoms with E-state index in [0.29, 0.717) is 26.1 Å². The van der Waals surface area contributed by atoms with Crippen LogP contribution in [0.3, 0.4) is 0 Å². The fourth-order valence-corrected chi connectivity index (χ4v) is 2.87. The summed E-state index contributed by atoms with van der Waals surface area (Å²) in [4.78, 5) is 41.0. The highest BCUT2D eigenvalue weighted by Gasteiger charge is 2.36. The number of hydrogen-bond donors (Lipinski definition) is 3. The van der Waals surface area contributed by atoms with Crippen molar-refractivity contribution in [2.24, 2.45) is 5.41 Å². The number of ether oxygens (including phenoxy) is 1. The molecule has 0 spiro atoms. The van der Waals surface area contributed by atoms with Gasteiger partial charge in [0.25, 0.3) is 11.5 Å². The van der Waals surface area contributed by atoms with Crippen LogP contribution < -0.4 is 11.2 Å². The monoisotopic (exact) mass is 311 g/mol. The Bertz CT molecular complexity index is 610. The molecular formula is C14H21N3O5. The van der Waals surface area contributed by atoms with Gasteiger partial charge >= 0.3 is 5.69 Å². The van der Waals surface area contributed by atoms with Crippen LogP contribution in [0.4, 0.5) is 0 Å². The Morgan fingerprint density at radius 3 is 2.86 bits per heavy atom. The number of aromatic amines is 2. The first-order valence-corrected chi connectivity index (χ1v) is 7.22. The van der Waals surface area contributed by atoms with Gasteiger partial charge in [-0.05, 0) is 19.3 Å². The summed E-state index contributed by atoms with van der Waals surface area (Å²) in [6, 6.07) is 1.08. The number of amides is 1. The SMILES string of the molecule is COCC[C@]1(CO)CCCN(C(=O)c2cc(=O)[nH]c(=O)[nH]2)C1. The number of carbonyl (C=O) groups excluding carboxylic acids is 1. The van der Waals surface area contributed by atoms with E-state index in [9.17, 15) is 19.5 Å². The molecule has 0 radical (unpaired) electrons. The van der Waals surface area contributed by atoms with Gasteiger partial charge in [0.15, 0.2) is 0 Å². The average Bonchev–Trinajstić information content (AvgIpc) is 2.51. The number of nitrogens with zero attached hydrogens (tertiary/aromatic N) is 1. The Hall–Kier alpha value is -1.93. The molecule has 1 saturated heterocycles. The van der Waals surface area contributed by atoms with Crippen LogP contribution in [0.2, 0.25) is 0 Å². The number of methoxy groups -OCH3 is 1. The normalized spacial score (nSPS) is 21.8. The molecule has 1 fully saturated rings. The van der Waals surface area contributed by atoms with Crippen LogP contribution >= 0.6 is 0 Å². The number of rotatable bonds is 5. The molecule has 1 aliphatic rings. The molecule has 0 unspecified atom stereocenters. The number of aliphatic hydroxyl groups excluding tert-OH is 1. The Morgan fingerprint density at radius 2 is 2.23 bits per heavy atom. The second kappa shape index (κ2) is 6.89. The number of carbonyl (C=O) groups is 1. The molecule has 0 saturated carbocycles. The number of nitrogens with one attached hydrogen (secondary N) is 2. The highest BCUT2D eigenvalue weighted by molar-refractivity contribution is 5.92. The van der Waals surface area contributed by atoms with Gasteiger partial charge in [0.05, 0.1) is 6.61 Å². The lowest BCUT2D eigenvalue weighted by atomic mass is 9.78. The summed E-state index contributed by atoms with van der Waals surface area (Å²) in [5, 5.41) is 9.72. The third-order valence-corrected chi connectivity index (χ3v) is 4.11. The second-order valence-electron chi connectivity index (χ2n) is 5.73. The second-order valence-corrected chi connectivity index (χ2v) is 5.73. The van der Waals surface area contributed by atoms with Gasteiger partial charge in [-0.1, -0.05) is 0 Å². The van der Waals surface area contributed by atoms with E-state index >= 15 is 0 Å². The van der Waals surface area contributed by atoms with Gasteiger partial charge in [0.1, 0.15) is 5.69 Å². The largest absolute Gasteiger partial charge is 0.396 e. The maximum absolute atomic E-state index is 12.5. The van der Waals surface area contributed by atoms with Crippen molar-refractivity contribution in [3.63, 3.8) is 0 Å². The molecule has 1 aromatic heterocycles. The number of hydrogen-bond acceptors (Lipinski definition) is 5.